The van der Waals surface area contributed by atoms with Crippen LogP contribution < -0.4 is 10.5 Å². The summed E-state index contributed by atoms with van der Waals surface area (Å²) in [7, 11) is 1.51. The minimum atomic E-state index is -0.302. The van der Waals surface area contributed by atoms with Crippen molar-refractivity contribution in [2.24, 2.45) is 5.73 Å². The van der Waals surface area contributed by atoms with E-state index in [1.165, 1.54) is 13.2 Å². The summed E-state index contributed by atoms with van der Waals surface area (Å²) in [5, 5.41) is 0. The van der Waals surface area contributed by atoms with E-state index in [9.17, 15) is 4.39 Å². The quantitative estimate of drug-likeness (QED) is 0.771. The molecule has 0 amide bonds. The number of benzene rings is 1. The zero-order valence-corrected chi connectivity index (χ0v) is 7.46. The molecule has 0 saturated carbocycles. The molecule has 2 N–H and O–H groups in total. The van der Waals surface area contributed by atoms with Crippen LogP contribution >= 0.6 is 0 Å². The number of nitrogens with two attached hydrogens (primary N) is 1. The van der Waals surface area contributed by atoms with Gasteiger partial charge in [-0.1, -0.05) is 18.2 Å². The van der Waals surface area contributed by atoms with Crippen molar-refractivity contribution in [3.05, 3.63) is 35.7 Å². The van der Waals surface area contributed by atoms with Gasteiger partial charge in [-0.15, -0.1) is 0 Å². The van der Waals surface area contributed by atoms with E-state index in [-0.39, 0.29) is 5.82 Å². The Morgan fingerprint density at radius 3 is 2.92 bits per heavy atom. The predicted molar refractivity (Wildman–Crippen MR) is 51.0 cm³/mol. The molecule has 0 atom stereocenters. The van der Waals surface area contributed by atoms with Crippen LogP contribution in [0.1, 0.15) is 5.56 Å². The largest absolute Gasteiger partial charge is 0.496 e. The third kappa shape index (κ3) is 2.29. The summed E-state index contributed by atoms with van der Waals surface area (Å²) in [4.78, 5) is 0. The summed E-state index contributed by atoms with van der Waals surface area (Å²) >= 11 is 0. The van der Waals surface area contributed by atoms with E-state index in [0.29, 0.717) is 17.9 Å². The first kappa shape index (κ1) is 9.74. The van der Waals surface area contributed by atoms with Gasteiger partial charge < -0.3 is 10.5 Å². The SMILES string of the molecule is COc1cccc(F)c1/C=C/CN. The van der Waals surface area contributed by atoms with Gasteiger partial charge in [0.25, 0.3) is 0 Å². The van der Waals surface area contributed by atoms with Gasteiger partial charge in [-0.3, -0.25) is 0 Å². The lowest BCUT2D eigenvalue weighted by atomic mass is 10.1. The van der Waals surface area contributed by atoms with Gasteiger partial charge in [-0.05, 0) is 12.1 Å². The van der Waals surface area contributed by atoms with Crippen LogP contribution in [-0.2, 0) is 0 Å². The lowest BCUT2D eigenvalue weighted by molar-refractivity contribution is 0.410. The van der Waals surface area contributed by atoms with Gasteiger partial charge in [-0.25, -0.2) is 4.39 Å². The Morgan fingerprint density at radius 2 is 2.31 bits per heavy atom. The minimum Gasteiger partial charge on any atom is -0.496 e. The maximum atomic E-state index is 13.2. The van der Waals surface area contributed by atoms with Crippen LogP contribution in [0.5, 0.6) is 5.75 Å². The monoisotopic (exact) mass is 181 g/mol. The zero-order valence-electron chi connectivity index (χ0n) is 7.46. The molecule has 0 radical (unpaired) electrons. The fraction of sp³-hybridized carbons (Fsp3) is 0.200. The lowest BCUT2D eigenvalue weighted by Gasteiger charge is -2.04. The lowest BCUT2D eigenvalue weighted by Crippen LogP contribution is -1.94. The molecule has 0 unspecified atom stereocenters. The van der Waals surface area contributed by atoms with Gasteiger partial charge in [0.15, 0.2) is 0 Å². The highest BCUT2D eigenvalue weighted by atomic mass is 19.1. The van der Waals surface area contributed by atoms with Crippen LogP contribution in [0.2, 0.25) is 0 Å². The molecule has 2 nitrogen and oxygen atoms in total. The van der Waals surface area contributed by atoms with E-state index in [0.717, 1.165) is 0 Å². The fourth-order valence-electron chi connectivity index (χ4n) is 1.04. The molecule has 1 aromatic rings. The Bertz CT molecular complexity index is 310. The summed E-state index contributed by atoms with van der Waals surface area (Å²) in [6.45, 7) is 0.386. The second kappa shape index (κ2) is 4.62. The van der Waals surface area contributed by atoms with Gasteiger partial charge in [0.2, 0.25) is 0 Å². The highest BCUT2D eigenvalue weighted by Gasteiger charge is 2.03. The molecular weight excluding hydrogens is 169 g/mol. The topological polar surface area (TPSA) is 35.2 Å². The minimum absolute atomic E-state index is 0.302. The second-order valence-corrected chi connectivity index (χ2v) is 2.49. The third-order valence-corrected chi connectivity index (χ3v) is 1.65. The summed E-state index contributed by atoms with van der Waals surface area (Å²) in [6.07, 6.45) is 3.30. The van der Waals surface area contributed by atoms with E-state index in [1.54, 1.807) is 24.3 Å². The average molecular weight is 181 g/mol. The van der Waals surface area contributed by atoms with Gasteiger partial charge in [-0.2, -0.15) is 0 Å². The van der Waals surface area contributed by atoms with Crippen LogP contribution in [0.15, 0.2) is 24.3 Å². The summed E-state index contributed by atoms with van der Waals surface area (Å²) < 4.78 is 18.2. The molecular formula is C10H12FNO. The van der Waals surface area contributed by atoms with Crippen molar-refractivity contribution in [1.82, 2.24) is 0 Å². The molecule has 0 aromatic heterocycles. The van der Waals surface area contributed by atoms with Crippen molar-refractivity contribution in [2.75, 3.05) is 13.7 Å². The molecule has 0 bridgehead atoms. The summed E-state index contributed by atoms with van der Waals surface area (Å²) in [6, 6.07) is 4.70. The highest BCUT2D eigenvalue weighted by molar-refractivity contribution is 5.57. The number of halogens is 1. The van der Waals surface area contributed by atoms with Crippen LogP contribution in [0.3, 0.4) is 0 Å². The molecule has 3 heteroatoms. The van der Waals surface area contributed by atoms with Crippen molar-refractivity contribution in [3.63, 3.8) is 0 Å². The van der Waals surface area contributed by atoms with Crippen LogP contribution in [0.4, 0.5) is 4.39 Å². The molecule has 0 aliphatic carbocycles. The first-order valence-corrected chi connectivity index (χ1v) is 3.98. The zero-order chi connectivity index (χ0) is 9.68. The molecule has 0 spiro atoms. The van der Waals surface area contributed by atoms with Gasteiger partial charge in [0, 0.05) is 6.54 Å². The number of rotatable bonds is 3. The van der Waals surface area contributed by atoms with Crippen LogP contribution in [-0.4, -0.2) is 13.7 Å². The molecule has 0 aliphatic rings. The van der Waals surface area contributed by atoms with Crippen molar-refractivity contribution >= 4 is 6.08 Å². The molecule has 0 heterocycles. The van der Waals surface area contributed by atoms with Gasteiger partial charge in [0.05, 0.1) is 12.7 Å². The van der Waals surface area contributed by atoms with Crippen molar-refractivity contribution < 1.29 is 9.13 Å². The molecule has 1 aromatic carbocycles. The molecule has 0 aliphatic heterocycles. The Morgan fingerprint density at radius 1 is 1.54 bits per heavy atom. The number of hydrogen-bond donors (Lipinski definition) is 1. The van der Waals surface area contributed by atoms with Gasteiger partial charge >= 0.3 is 0 Å². The van der Waals surface area contributed by atoms with E-state index < -0.39 is 0 Å². The Labute approximate surface area is 76.8 Å². The van der Waals surface area contributed by atoms with E-state index >= 15 is 0 Å². The average Bonchev–Trinajstić information content (AvgIpc) is 2.15. The maximum Gasteiger partial charge on any atom is 0.134 e. The molecule has 70 valence electrons. The molecule has 0 saturated heterocycles. The van der Waals surface area contributed by atoms with Crippen molar-refractivity contribution in [3.8, 4) is 5.75 Å². The predicted octanol–water partition coefficient (Wildman–Crippen LogP) is 1.81. The Kier molecular flexibility index (Phi) is 3.46. The Hall–Kier alpha value is -1.35. The standard InChI is InChI=1S/C10H12FNO/c1-13-10-6-2-5-9(11)8(10)4-3-7-12/h2-6H,7,12H2,1H3/b4-3+. The smallest absolute Gasteiger partial charge is 0.134 e. The van der Waals surface area contributed by atoms with Crippen LogP contribution in [0.25, 0.3) is 6.08 Å². The summed E-state index contributed by atoms with van der Waals surface area (Å²) in [5.41, 5.74) is 5.71. The van der Waals surface area contributed by atoms with E-state index in [4.69, 9.17) is 10.5 Å². The Balaban J connectivity index is 3.07. The summed E-state index contributed by atoms with van der Waals surface area (Å²) in [5.74, 6) is 0.216. The van der Waals surface area contributed by atoms with Crippen molar-refractivity contribution in [1.29, 1.82) is 0 Å². The first-order valence-electron chi connectivity index (χ1n) is 3.98. The van der Waals surface area contributed by atoms with E-state index in [2.05, 4.69) is 0 Å². The molecule has 1 rings (SSSR count). The fourth-order valence-corrected chi connectivity index (χ4v) is 1.04. The van der Waals surface area contributed by atoms with Crippen LogP contribution in [0, 0.1) is 5.82 Å². The second-order valence-electron chi connectivity index (χ2n) is 2.49. The molecule has 0 fully saturated rings. The number of ether oxygens (including phenoxy) is 1. The molecule has 13 heavy (non-hydrogen) atoms. The highest BCUT2D eigenvalue weighted by Crippen LogP contribution is 2.22. The van der Waals surface area contributed by atoms with E-state index in [1.807, 2.05) is 0 Å². The third-order valence-electron chi connectivity index (χ3n) is 1.65. The normalized spacial score (nSPS) is 10.7. The van der Waals surface area contributed by atoms with Gasteiger partial charge in [0.1, 0.15) is 11.6 Å². The first-order chi connectivity index (χ1) is 6.29. The number of hydrogen-bond acceptors (Lipinski definition) is 2. The maximum absolute atomic E-state index is 13.2. The number of methoxy groups -OCH3 is 1. The van der Waals surface area contributed by atoms with Crippen molar-refractivity contribution in [2.45, 2.75) is 0 Å².